The number of amides is 2. The fraction of sp³-hybridized carbons (Fsp3) is 0.857. The van der Waals surface area contributed by atoms with E-state index in [9.17, 15) is 9.59 Å². The molecule has 2 amide bonds. The number of carbonyl (C=O) groups is 2. The first-order valence-electron chi connectivity index (χ1n) is 7.29. The third-order valence-corrected chi connectivity index (χ3v) is 4.67. The minimum Gasteiger partial charge on any atom is -0.480 e. The Morgan fingerprint density at radius 2 is 1.84 bits per heavy atom. The van der Waals surface area contributed by atoms with E-state index in [1.54, 1.807) is 0 Å². The van der Waals surface area contributed by atoms with E-state index in [1.165, 1.54) is 6.42 Å². The Kier molecular flexibility index (Phi) is 4.32. The van der Waals surface area contributed by atoms with E-state index in [0.717, 1.165) is 25.7 Å². The first-order chi connectivity index (χ1) is 8.99. The maximum absolute atomic E-state index is 11.9. The van der Waals surface area contributed by atoms with Gasteiger partial charge in [0.15, 0.2) is 0 Å². The summed E-state index contributed by atoms with van der Waals surface area (Å²) in [5, 5.41) is 14.7. The molecule has 19 heavy (non-hydrogen) atoms. The number of carboxylic acids is 1. The van der Waals surface area contributed by atoms with Gasteiger partial charge in [-0.1, -0.05) is 26.7 Å². The number of urea groups is 1. The molecule has 4 unspecified atom stereocenters. The average Bonchev–Trinajstić information content (AvgIpc) is 3.16. The second-order valence-corrected chi connectivity index (χ2v) is 6.14. The standard InChI is InChI=1S/C14H24N2O3/c1-8-4-3-5-11(9(8)2)15-14(19)16-12(13(17)18)10-6-7-10/h8-12H,3-7H2,1-2H3,(H,17,18)(H2,15,16,19). The first kappa shape index (κ1) is 14.2. The summed E-state index contributed by atoms with van der Waals surface area (Å²) < 4.78 is 0. The SMILES string of the molecule is CC1CCCC(NC(=O)NC(C(=O)O)C2CC2)C1C. The molecule has 0 aromatic rings. The fourth-order valence-corrected chi connectivity index (χ4v) is 2.95. The zero-order valence-corrected chi connectivity index (χ0v) is 11.7. The summed E-state index contributed by atoms with van der Waals surface area (Å²) in [7, 11) is 0. The lowest BCUT2D eigenvalue weighted by Crippen LogP contribution is -2.52. The quantitative estimate of drug-likeness (QED) is 0.729. The van der Waals surface area contributed by atoms with Crippen molar-refractivity contribution in [1.82, 2.24) is 10.6 Å². The van der Waals surface area contributed by atoms with Crippen LogP contribution in [0.3, 0.4) is 0 Å². The number of hydrogen-bond acceptors (Lipinski definition) is 2. The van der Waals surface area contributed by atoms with Crippen LogP contribution in [-0.4, -0.2) is 29.2 Å². The molecule has 4 atom stereocenters. The Labute approximate surface area is 114 Å². The van der Waals surface area contributed by atoms with Crippen LogP contribution in [0.2, 0.25) is 0 Å². The molecule has 0 aromatic heterocycles. The molecule has 2 fully saturated rings. The van der Waals surface area contributed by atoms with Gasteiger partial charge >= 0.3 is 12.0 Å². The molecule has 0 aromatic carbocycles. The molecule has 0 radical (unpaired) electrons. The van der Waals surface area contributed by atoms with E-state index >= 15 is 0 Å². The van der Waals surface area contributed by atoms with Crippen LogP contribution in [0, 0.1) is 17.8 Å². The lowest BCUT2D eigenvalue weighted by molar-refractivity contribution is -0.139. The molecular formula is C14H24N2O3. The topological polar surface area (TPSA) is 78.4 Å². The molecular weight excluding hydrogens is 244 g/mol. The van der Waals surface area contributed by atoms with Gasteiger partial charge in [-0.25, -0.2) is 9.59 Å². The molecule has 0 saturated heterocycles. The second-order valence-electron chi connectivity index (χ2n) is 6.14. The Hall–Kier alpha value is -1.26. The molecule has 3 N–H and O–H groups in total. The monoisotopic (exact) mass is 268 g/mol. The van der Waals surface area contributed by atoms with Gasteiger partial charge in [-0.15, -0.1) is 0 Å². The van der Waals surface area contributed by atoms with Crippen LogP contribution < -0.4 is 10.6 Å². The normalized spacial score (nSPS) is 32.4. The summed E-state index contributed by atoms with van der Waals surface area (Å²) in [6.07, 6.45) is 5.12. The summed E-state index contributed by atoms with van der Waals surface area (Å²) in [4.78, 5) is 23.0. The van der Waals surface area contributed by atoms with Gasteiger partial charge in [-0.2, -0.15) is 0 Å². The van der Waals surface area contributed by atoms with Crippen LogP contribution in [0.5, 0.6) is 0 Å². The van der Waals surface area contributed by atoms with Gasteiger partial charge in [-0.3, -0.25) is 0 Å². The van der Waals surface area contributed by atoms with Crippen molar-refractivity contribution in [1.29, 1.82) is 0 Å². The zero-order valence-electron chi connectivity index (χ0n) is 11.7. The summed E-state index contributed by atoms with van der Waals surface area (Å²) in [6, 6.07) is -0.890. The van der Waals surface area contributed by atoms with Gasteiger partial charge in [0.25, 0.3) is 0 Å². The second kappa shape index (κ2) is 5.80. The number of aliphatic carboxylic acids is 1. The highest BCUT2D eigenvalue weighted by Crippen LogP contribution is 2.33. The van der Waals surface area contributed by atoms with E-state index in [0.29, 0.717) is 11.8 Å². The highest BCUT2D eigenvalue weighted by Gasteiger charge is 2.38. The van der Waals surface area contributed by atoms with Crippen LogP contribution in [0.25, 0.3) is 0 Å². The summed E-state index contributed by atoms with van der Waals surface area (Å²) in [5.41, 5.74) is 0. The van der Waals surface area contributed by atoms with Crippen LogP contribution in [0.1, 0.15) is 46.0 Å². The van der Waals surface area contributed by atoms with E-state index in [2.05, 4.69) is 24.5 Å². The van der Waals surface area contributed by atoms with Crippen LogP contribution in [0.15, 0.2) is 0 Å². The van der Waals surface area contributed by atoms with Crippen molar-refractivity contribution in [3.63, 3.8) is 0 Å². The van der Waals surface area contributed by atoms with E-state index in [-0.39, 0.29) is 18.0 Å². The Morgan fingerprint density at radius 3 is 2.42 bits per heavy atom. The van der Waals surface area contributed by atoms with Gasteiger partial charge in [0.2, 0.25) is 0 Å². The van der Waals surface area contributed by atoms with Crippen molar-refractivity contribution >= 4 is 12.0 Å². The number of rotatable bonds is 4. The third-order valence-electron chi connectivity index (χ3n) is 4.67. The van der Waals surface area contributed by atoms with Crippen LogP contribution >= 0.6 is 0 Å². The highest BCUT2D eigenvalue weighted by atomic mass is 16.4. The van der Waals surface area contributed by atoms with Gasteiger partial charge in [-0.05, 0) is 37.0 Å². The van der Waals surface area contributed by atoms with Gasteiger partial charge < -0.3 is 15.7 Å². The molecule has 5 nitrogen and oxygen atoms in total. The predicted molar refractivity (Wildman–Crippen MR) is 71.8 cm³/mol. The molecule has 0 spiro atoms. The maximum atomic E-state index is 11.9. The summed E-state index contributed by atoms with van der Waals surface area (Å²) in [5.74, 6) is 0.245. The van der Waals surface area contributed by atoms with E-state index < -0.39 is 12.0 Å². The van der Waals surface area contributed by atoms with Gasteiger partial charge in [0.05, 0.1) is 0 Å². The lowest BCUT2D eigenvalue weighted by atomic mass is 9.78. The van der Waals surface area contributed by atoms with Gasteiger partial charge in [0.1, 0.15) is 6.04 Å². The third kappa shape index (κ3) is 3.61. The minimum atomic E-state index is -0.928. The largest absolute Gasteiger partial charge is 0.480 e. The number of nitrogens with one attached hydrogen (secondary N) is 2. The van der Waals surface area contributed by atoms with Crippen molar-refractivity contribution in [3.8, 4) is 0 Å². The molecule has 2 rings (SSSR count). The number of carbonyl (C=O) groups excluding carboxylic acids is 1. The predicted octanol–water partition coefficient (Wildman–Crippen LogP) is 1.97. The van der Waals surface area contributed by atoms with Gasteiger partial charge in [0, 0.05) is 6.04 Å². The van der Waals surface area contributed by atoms with Crippen LogP contribution in [-0.2, 0) is 4.79 Å². The molecule has 2 aliphatic carbocycles. The van der Waals surface area contributed by atoms with E-state index in [4.69, 9.17) is 5.11 Å². The van der Waals surface area contributed by atoms with Crippen molar-refractivity contribution in [2.45, 2.75) is 58.0 Å². The molecule has 2 aliphatic rings. The molecule has 5 heteroatoms. The fourth-order valence-electron chi connectivity index (χ4n) is 2.95. The molecule has 0 bridgehead atoms. The zero-order chi connectivity index (χ0) is 14.0. The Bertz CT molecular complexity index is 355. The van der Waals surface area contributed by atoms with Crippen molar-refractivity contribution in [2.75, 3.05) is 0 Å². The molecule has 2 saturated carbocycles. The highest BCUT2D eigenvalue weighted by molar-refractivity contribution is 5.83. The smallest absolute Gasteiger partial charge is 0.326 e. The van der Waals surface area contributed by atoms with Crippen molar-refractivity contribution in [2.24, 2.45) is 17.8 Å². The molecule has 0 heterocycles. The maximum Gasteiger partial charge on any atom is 0.326 e. The Morgan fingerprint density at radius 1 is 1.16 bits per heavy atom. The average molecular weight is 268 g/mol. The Balaban J connectivity index is 1.84. The van der Waals surface area contributed by atoms with Crippen molar-refractivity contribution in [3.05, 3.63) is 0 Å². The van der Waals surface area contributed by atoms with Crippen LogP contribution in [0.4, 0.5) is 4.79 Å². The lowest BCUT2D eigenvalue weighted by Gasteiger charge is -2.34. The summed E-state index contributed by atoms with van der Waals surface area (Å²) >= 11 is 0. The first-order valence-corrected chi connectivity index (χ1v) is 7.29. The van der Waals surface area contributed by atoms with Crippen molar-refractivity contribution < 1.29 is 14.7 Å². The number of carboxylic acid groups (broad SMARTS) is 1. The molecule has 0 aliphatic heterocycles. The molecule has 108 valence electrons. The summed E-state index contributed by atoms with van der Waals surface area (Å²) in [6.45, 7) is 4.37. The van der Waals surface area contributed by atoms with E-state index in [1.807, 2.05) is 0 Å². The number of hydrogen-bond donors (Lipinski definition) is 3. The minimum absolute atomic E-state index is 0.117.